The number of nitrogens with zero attached hydrogens (tertiary/aromatic N) is 2. The number of ether oxygens (including phenoxy) is 2. The summed E-state index contributed by atoms with van der Waals surface area (Å²) >= 11 is 5.80. The van der Waals surface area contributed by atoms with Gasteiger partial charge in [0.2, 0.25) is 10.0 Å². The molecule has 1 aliphatic heterocycles. The number of thiocarbonyl (C=S) groups is 1. The third kappa shape index (κ3) is 5.69. The zero-order valence-electron chi connectivity index (χ0n) is 21.6. The highest BCUT2D eigenvalue weighted by Gasteiger charge is 2.42. The van der Waals surface area contributed by atoms with Crippen molar-refractivity contribution in [3.8, 4) is 22.8 Å². The first-order chi connectivity index (χ1) is 18.8. The van der Waals surface area contributed by atoms with E-state index < -0.39 is 10.0 Å². The van der Waals surface area contributed by atoms with Crippen molar-refractivity contribution in [2.75, 3.05) is 29.6 Å². The van der Waals surface area contributed by atoms with Crippen LogP contribution in [0.15, 0.2) is 83.4 Å². The second kappa shape index (κ2) is 11.0. The molecule has 1 saturated heterocycles. The number of methoxy groups -OCH3 is 1. The Kier molecular flexibility index (Phi) is 7.45. The van der Waals surface area contributed by atoms with Crippen LogP contribution in [0.3, 0.4) is 0 Å². The van der Waals surface area contributed by atoms with Gasteiger partial charge in [-0.25, -0.2) is 8.42 Å². The Balaban J connectivity index is 1.55. The molecule has 2 aromatic heterocycles. The molecule has 0 spiro atoms. The molecule has 2 atom stereocenters. The molecule has 5 rings (SSSR count). The summed E-state index contributed by atoms with van der Waals surface area (Å²) in [6.07, 6.45) is 2.83. The van der Waals surface area contributed by atoms with E-state index in [0.717, 1.165) is 23.3 Å². The van der Waals surface area contributed by atoms with Crippen molar-refractivity contribution >= 4 is 38.7 Å². The maximum Gasteiger partial charge on any atom is 0.229 e. The standard InChI is InChI=1S/C28H28N4O5S2/c1-4-36-20-11-8-18(9-12-20)23-14-15-24(37-23)27-26(22-7-5-6-16-29-22)30-28(38)32(27)19-10-13-21(25(17-19)35-2)31-39(3,33)34/h5-17,26-27,31H,4H2,1-3H3,(H,30,38)/t26-,27-/m1/s1. The smallest absolute Gasteiger partial charge is 0.229 e. The minimum atomic E-state index is -3.49. The van der Waals surface area contributed by atoms with Crippen LogP contribution in [0, 0.1) is 0 Å². The quantitative estimate of drug-likeness (QED) is 0.262. The van der Waals surface area contributed by atoms with Gasteiger partial charge in [-0.05, 0) is 79.8 Å². The monoisotopic (exact) mass is 564 g/mol. The van der Waals surface area contributed by atoms with E-state index in [1.165, 1.54) is 7.11 Å². The second-order valence-corrected chi connectivity index (χ2v) is 11.0. The number of furan rings is 1. The van der Waals surface area contributed by atoms with Crippen LogP contribution < -0.4 is 24.4 Å². The Hall–Kier alpha value is -4.09. The van der Waals surface area contributed by atoms with Crippen LogP contribution in [0.25, 0.3) is 11.3 Å². The average Bonchev–Trinajstić information content (AvgIpc) is 3.54. The fourth-order valence-electron chi connectivity index (χ4n) is 4.58. The lowest BCUT2D eigenvalue weighted by molar-refractivity contribution is 0.340. The molecule has 2 aromatic carbocycles. The SMILES string of the molecule is CCOc1ccc(-c2ccc([C@@H]3[C@@H](c4ccccn4)NC(=S)N3c3ccc(NS(C)(=O)=O)c(OC)c3)o2)cc1. The molecule has 39 heavy (non-hydrogen) atoms. The highest BCUT2D eigenvalue weighted by molar-refractivity contribution is 7.92. The third-order valence-corrected chi connectivity index (χ3v) is 7.13. The largest absolute Gasteiger partial charge is 0.494 e. The Bertz CT molecular complexity index is 1570. The van der Waals surface area contributed by atoms with E-state index in [1.807, 2.05) is 66.4 Å². The average molecular weight is 565 g/mol. The van der Waals surface area contributed by atoms with Crippen molar-refractivity contribution in [1.82, 2.24) is 10.3 Å². The van der Waals surface area contributed by atoms with Gasteiger partial charge in [0, 0.05) is 23.5 Å². The number of pyridine rings is 1. The summed E-state index contributed by atoms with van der Waals surface area (Å²) in [6, 6.07) is 21.8. The second-order valence-electron chi connectivity index (χ2n) is 8.91. The number of aromatic nitrogens is 1. The molecule has 3 heterocycles. The molecule has 11 heteroatoms. The lowest BCUT2D eigenvalue weighted by atomic mass is 10.0. The van der Waals surface area contributed by atoms with Crippen molar-refractivity contribution in [1.29, 1.82) is 0 Å². The van der Waals surface area contributed by atoms with Gasteiger partial charge in [0.1, 0.15) is 29.1 Å². The Morgan fingerprint density at radius 1 is 1.10 bits per heavy atom. The molecule has 4 aromatic rings. The Morgan fingerprint density at radius 2 is 1.90 bits per heavy atom. The minimum absolute atomic E-state index is 0.308. The maximum atomic E-state index is 11.8. The van der Waals surface area contributed by atoms with Gasteiger partial charge in [-0.15, -0.1) is 0 Å². The lowest BCUT2D eigenvalue weighted by Gasteiger charge is -2.27. The first-order valence-corrected chi connectivity index (χ1v) is 14.6. The van der Waals surface area contributed by atoms with Crippen LogP contribution in [-0.4, -0.2) is 38.5 Å². The highest BCUT2D eigenvalue weighted by Crippen LogP contribution is 2.44. The fourth-order valence-corrected chi connectivity index (χ4v) is 5.50. The van der Waals surface area contributed by atoms with Crippen LogP contribution in [0.2, 0.25) is 0 Å². The van der Waals surface area contributed by atoms with Gasteiger partial charge in [0.25, 0.3) is 0 Å². The van der Waals surface area contributed by atoms with E-state index in [-0.39, 0.29) is 12.1 Å². The molecule has 202 valence electrons. The van der Waals surface area contributed by atoms with E-state index in [9.17, 15) is 8.42 Å². The van der Waals surface area contributed by atoms with Gasteiger partial charge in [0.05, 0.1) is 37.4 Å². The lowest BCUT2D eigenvalue weighted by Crippen LogP contribution is -2.29. The van der Waals surface area contributed by atoms with Gasteiger partial charge < -0.3 is 24.1 Å². The van der Waals surface area contributed by atoms with E-state index in [0.29, 0.717) is 40.4 Å². The first-order valence-electron chi connectivity index (χ1n) is 12.3. The summed E-state index contributed by atoms with van der Waals surface area (Å²) < 4.78 is 43.6. The van der Waals surface area contributed by atoms with Crippen LogP contribution in [-0.2, 0) is 10.0 Å². The van der Waals surface area contributed by atoms with E-state index in [4.69, 9.17) is 26.1 Å². The summed E-state index contributed by atoms with van der Waals surface area (Å²) in [6.45, 7) is 2.54. The molecule has 0 saturated carbocycles. The number of rotatable bonds is 9. The molecular weight excluding hydrogens is 536 g/mol. The number of benzene rings is 2. The molecule has 0 aliphatic carbocycles. The molecule has 0 amide bonds. The number of hydrogen-bond donors (Lipinski definition) is 2. The predicted octanol–water partition coefficient (Wildman–Crippen LogP) is 5.30. The zero-order chi connectivity index (χ0) is 27.6. The van der Waals surface area contributed by atoms with E-state index in [1.54, 1.807) is 24.4 Å². The number of hydrogen-bond acceptors (Lipinski definition) is 7. The van der Waals surface area contributed by atoms with Gasteiger partial charge in [-0.2, -0.15) is 0 Å². The number of sulfonamides is 1. The number of anilines is 2. The highest BCUT2D eigenvalue weighted by atomic mass is 32.2. The maximum absolute atomic E-state index is 11.8. The molecule has 9 nitrogen and oxygen atoms in total. The van der Waals surface area contributed by atoms with Crippen LogP contribution in [0.5, 0.6) is 11.5 Å². The van der Waals surface area contributed by atoms with Crippen molar-refractivity contribution in [2.45, 2.75) is 19.0 Å². The van der Waals surface area contributed by atoms with Crippen LogP contribution >= 0.6 is 12.2 Å². The molecule has 0 unspecified atom stereocenters. The van der Waals surface area contributed by atoms with Gasteiger partial charge >= 0.3 is 0 Å². The van der Waals surface area contributed by atoms with Crippen molar-refractivity contribution in [2.24, 2.45) is 0 Å². The van der Waals surface area contributed by atoms with Crippen molar-refractivity contribution in [3.05, 3.63) is 90.4 Å². The number of nitrogens with one attached hydrogen (secondary N) is 2. The summed E-state index contributed by atoms with van der Waals surface area (Å²) in [5, 5.41) is 3.87. The van der Waals surface area contributed by atoms with Crippen LogP contribution in [0.4, 0.5) is 11.4 Å². The minimum Gasteiger partial charge on any atom is -0.494 e. The zero-order valence-corrected chi connectivity index (χ0v) is 23.3. The normalized spacial score (nSPS) is 17.1. The first kappa shape index (κ1) is 26.5. The third-order valence-electron chi connectivity index (χ3n) is 6.22. The molecular formula is C28H28N4O5S2. The van der Waals surface area contributed by atoms with Crippen molar-refractivity contribution < 1.29 is 22.3 Å². The topological polar surface area (TPSA) is 106 Å². The molecule has 0 radical (unpaired) electrons. The Labute approximate surface area is 232 Å². The van der Waals surface area contributed by atoms with Gasteiger partial charge in [-0.1, -0.05) is 6.07 Å². The van der Waals surface area contributed by atoms with E-state index in [2.05, 4.69) is 15.0 Å². The molecule has 1 aliphatic rings. The summed E-state index contributed by atoms with van der Waals surface area (Å²) in [4.78, 5) is 6.51. The Morgan fingerprint density at radius 3 is 2.56 bits per heavy atom. The molecule has 0 bridgehead atoms. The molecule has 1 fully saturated rings. The molecule has 2 N–H and O–H groups in total. The summed E-state index contributed by atoms with van der Waals surface area (Å²) in [5.41, 5.74) is 2.74. The van der Waals surface area contributed by atoms with Gasteiger partial charge in [-0.3, -0.25) is 9.71 Å². The van der Waals surface area contributed by atoms with Gasteiger partial charge in [0.15, 0.2) is 5.11 Å². The fraction of sp³-hybridized carbons (Fsp3) is 0.214. The van der Waals surface area contributed by atoms with Crippen LogP contribution in [0.1, 0.15) is 30.5 Å². The summed E-state index contributed by atoms with van der Waals surface area (Å²) in [5.74, 6) is 2.54. The predicted molar refractivity (Wildman–Crippen MR) is 155 cm³/mol. The van der Waals surface area contributed by atoms with Crippen molar-refractivity contribution in [3.63, 3.8) is 0 Å². The summed E-state index contributed by atoms with van der Waals surface area (Å²) in [7, 11) is -2.01. The van der Waals surface area contributed by atoms with E-state index >= 15 is 0 Å².